The molecule has 0 bridgehead atoms. The van der Waals surface area contributed by atoms with Crippen molar-refractivity contribution in [3.05, 3.63) is 36.0 Å². The summed E-state index contributed by atoms with van der Waals surface area (Å²) in [5.74, 6) is 1.52. The Bertz CT molecular complexity index is 590. The maximum Gasteiger partial charge on any atom is 0.274 e. The lowest BCUT2D eigenvalue weighted by atomic mass is 9.96. The Kier molecular flexibility index (Phi) is 3.41. The van der Waals surface area contributed by atoms with Gasteiger partial charge >= 0.3 is 0 Å². The summed E-state index contributed by atoms with van der Waals surface area (Å²) in [6.45, 7) is 3.13. The van der Waals surface area contributed by atoms with Crippen LogP contribution in [-0.4, -0.2) is 44.0 Å². The highest BCUT2D eigenvalue weighted by Gasteiger charge is 2.27. The molecule has 2 aromatic heterocycles. The van der Waals surface area contributed by atoms with E-state index in [4.69, 9.17) is 4.52 Å². The maximum atomic E-state index is 12.2. The van der Waals surface area contributed by atoms with E-state index in [-0.39, 0.29) is 11.8 Å². The Morgan fingerprint density at radius 3 is 2.75 bits per heavy atom. The molecule has 1 aliphatic heterocycles. The van der Waals surface area contributed by atoms with Crippen LogP contribution in [0.15, 0.2) is 23.1 Å². The zero-order valence-corrected chi connectivity index (χ0v) is 11.2. The van der Waals surface area contributed by atoms with Crippen molar-refractivity contribution < 1.29 is 9.32 Å². The molecule has 3 heterocycles. The van der Waals surface area contributed by atoms with Crippen LogP contribution < -0.4 is 0 Å². The van der Waals surface area contributed by atoms with E-state index in [1.807, 2.05) is 0 Å². The molecule has 0 atom stereocenters. The molecule has 0 aromatic carbocycles. The van der Waals surface area contributed by atoms with Crippen molar-refractivity contribution >= 4 is 5.91 Å². The molecule has 7 heteroatoms. The highest BCUT2D eigenvalue weighted by Crippen LogP contribution is 2.26. The van der Waals surface area contributed by atoms with Crippen molar-refractivity contribution in [2.24, 2.45) is 0 Å². The first-order valence-electron chi connectivity index (χ1n) is 6.59. The molecular weight excluding hydrogens is 258 g/mol. The fourth-order valence-electron chi connectivity index (χ4n) is 2.39. The number of nitrogens with zero attached hydrogens (tertiary/aromatic N) is 5. The number of aromatic nitrogens is 4. The molecule has 1 fully saturated rings. The lowest BCUT2D eigenvalue weighted by Gasteiger charge is -2.30. The smallest absolute Gasteiger partial charge is 0.274 e. The quantitative estimate of drug-likeness (QED) is 0.817. The average molecular weight is 273 g/mol. The average Bonchev–Trinajstić information content (AvgIpc) is 2.94. The molecule has 0 saturated carbocycles. The van der Waals surface area contributed by atoms with E-state index in [0.717, 1.165) is 18.7 Å². The van der Waals surface area contributed by atoms with Gasteiger partial charge < -0.3 is 9.42 Å². The van der Waals surface area contributed by atoms with E-state index in [2.05, 4.69) is 20.1 Å². The van der Waals surface area contributed by atoms with Gasteiger partial charge in [-0.2, -0.15) is 4.98 Å². The third kappa shape index (κ3) is 2.52. The predicted molar refractivity (Wildman–Crippen MR) is 68.9 cm³/mol. The van der Waals surface area contributed by atoms with Crippen molar-refractivity contribution in [2.45, 2.75) is 25.7 Å². The molecule has 0 aliphatic carbocycles. The van der Waals surface area contributed by atoms with Gasteiger partial charge in [0.2, 0.25) is 5.89 Å². The van der Waals surface area contributed by atoms with Gasteiger partial charge in [-0.1, -0.05) is 5.16 Å². The van der Waals surface area contributed by atoms with Crippen molar-refractivity contribution in [1.82, 2.24) is 25.0 Å². The number of rotatable bonds is 2. The summed E-state index contributed by atoms with van der Waals surface area (Å²) in [7, 11) is 0. The molecule has 3 rings (SSSR count). The number of aryl methyl sites for hydroxylation is 1. The molecule has 7 nitrogen and oxygen atoms in total. The van der Waals surface area contributed by atoms with Crippen LogP contribution in [0.1, 0.15) is 41.0 Å². The summed E-state index contributed by atoms with van der Waals surface area (Å²) < 4.78 is 5.00. The van der Waals surface area contributed by atoms with E-state index in [1.165, 1.54) is 12.4 Å². The highest BCUT2D eigenvalue weighted by molar-refractivity contribution is 5.92. The zero-order chi connectivity index (χ0) is 13.9. The monoisotopic (exact) mass is 273 g/mol. The number of piperidine rings is 1. The van der Waals surface area contributed by atoms with E-state index < -0.39 is 0 Å². The first-order chi connectivity index (χ1) is 9.74. The molecule has 1 aliphatic rings. The standard InChI is InChI=1S/C13H15N5O2/c1-9-16-12(17-20-9)10-2-6-18(7-3-10)13(19)11-8-14-4-5-15-11/h4-5,8,10H,2-3,6-7H2,1H3. The fourth-order valence-corrected chi connectivity index (χ4v) is 2.39. The lowest BCUT2D eigenvalue weighted by Crippen LogP contribution is -2.38. The molecule has 0 N–H and O–H groups in total. The molecule has 0 radical (unpaired) electrons. The number of likely N-dealkylation sites (tertiary alicyclic amines) is 1. The van der Waals surface area contributed by atoms with Crippen LogP contribution in [0.2, 0.25) is 0 Å². The summed E-state index contributed by atoms with van der Waals surface area (Å²) in [4.78, 5) is 26.2. The van der Waals surface area contributed by atoms with Gasteiger partial charge in [-0.3, -0.25) is 9.78 Å². The number of carbonyl (C=O) groups excluding carboxylic acids is 1. The predicted octanol–water partition coefficient (Wildman–Crippen LogP) is 1.19. The van der Waals surface area contributed by atoms with E-state index in [9.17, 15) is 4.79 Å². The number of carbonyl (C=O) groups is 1. The third-order valence-electron chi connectivity index (χ3n) is 3.47. The fraction of sp³-hybridized carbons (Fsp3) is 0.462. The topological polar surface area (TPSA) is 85.0 Å². The number of hydrogen-bond acceptors (Lipinski definition) is 6. The van der Waals surface area contributed by atoms with Crippen LogP contribution in [0.25, 0.3) is 0 Å². The van der Waals surface area contributed by atoms with Crippen molar-refractivity contribution in [3.63, 3.8) is 0 Å². The molecule has 2 aromatic rings. The first-order valence-corrected chi connectivity index (χ1v) is 6.59. The second-order valence-electron chi connectivity index (χ2n) is 4.83. The van der Waals surface area contributed by atoms with Crippen molar-refractivity contribution in [3.8, 4) is 0 Å². The van der Waals surface area contributed by atoms with E-state index in [1.54, 1.807) is 18.0 Å². The van der Waals surface area contributed by atoms with Crippen LogP contribution in [0, 0.1) is 6.92 Å². The number of hydrogen-bond donors (Lipinski definition) is 0. The van der Waals surface area contributed by atoms with Gasteiger partial charge in [-0.15, -0.1) is 0 Å². The summed E-state index contributed by atoms with van der Waals surface area (Å²) in [6.07, 6.45) is 6.26. The third-order valence-corrected chi connectivity index (χ3v) is 3.47. The minimum Gasteiger partial charge on any atom is -0.340 e. The SMILES string of the molecule is Cc1nc(C2CCN(C(=O)c3cnccn3)CC2)no1. The minimum atomic E-state index is -0.0687. The summed E-state index contributed by atoms with van der Waals surface area (Å²) >= 11 is 0. The second kappa shape index (κ2) is 5.36. The van der Waals surface area contributed by atoms with E-state index in [0.29, 0.717) is 24.7 Å². The number of amides is 1. The van der Waals surface area contributed by atoms with Gasteiger partial charge in [-0.05, 0) is 12.8 Å². The van der Waals surface area contributed by atoms with Crippen LogP contribution in [0.3, 0.4) is 0 Å². The highest BCUT2D eigenvalue weighted by atomic mass is 16.5. The van der Waals surface area contributed by atoms with Gasteiger partial charge in [0.05, 0.1) is 6.20 Å². The molecule has 1 saturated heterocycles. The van der Waals surface area contributed by atoms with Gasteiger partial charge in [-0.25, -0.2) is 4.98 Å². The van der Waals surface area contributed by atoms with Crippen LogP contribution in [0.5, 0.6) is 0 Å². The molecular formula is C13H15N5O2. The first kappa shape index (κ1) is 12.7. The second-order valence-corrected chi connectivity index (χ2v) is 4.83. The van der Waals surface area contributed by atoms with Gasteiger partial charge in [0.1, 0.15) is 5.69 Å². The van der Waals surface area contributed by atoms with Gasteiger partial charge in [0.15, 0.2) is 5.82 Å². The molecule has 0 unspecified atom stereocenters. The van der Waals surface area contributed by atoms with Gasteiger partial charge in [0.25, 0.3) is 5.91 Å². The minimum absolute atomic E-state index is 0.0687. The van der Waals surface area contributed by atoms with Crippen LogP contribution in [0.4, 0.5) is 0 Å². The molecule has 104 valence electrons. The Morgan fingerprint density at radius 1 is 1.35 bits per heavy atom. The summed E-state index contributed by atoms with van der Waals surface area (Å²) in [5.41, 5.74) is 0.390. The summed E-state index contributed by atoms with van der Waals surface area (Å²) in [5, 5.41) is 3.96. The normalized spacial score (nSPS) is 16.4. The van der Waals surface area contributed by atoms with Crippen LogP contribution in [-0.2, 0) is 0 Å². The van der Waals surface area contributed by atoms with Crippen molar-refractivity contribution in [2.75, 3.05) is 13.1 Å². The maximum absolute atomic E-state index is 12.2. The largest absolute Gasteiger partial charge is 0.340 e. The Hall–Kier alpha value is -2.31. The molecule has 0 spiro atoms. The Morgan fingerprint density at radius 2 is 2.15 bits per heavy atom. The van der Waals surface area contributed by atoms with Gasteiger partial charge in [0, 0.05) is 38.3 Å². The molecule has 20 heavy (non-hydrogen) atoms. The Labute approximate surface area is 116 Å². The van der Waals surface area contributed by atoms with Crippen LogP contribution >= 0.6 is 0 Å². The van der Waals surface area contributed by atoms with E-state index >= 15 is 0 Å². The lowest BCUT2D eigenvalue weighted by molar-refractivity contribution is 0.0704. The summed E-state index contributed by atoms with van der Waals surface area (Å²) in [6, 6.07) is 0. The zero-order valence-electron chi connectivity index (χ0n) is 11.2. The molecule has 1 amide bonds. The Balaban J connectivity index is 1.63. The van der Waals surface area contributed by atoms with Crippen molar-refractivity contribution in [1.29, 1.82) is 0 Å².